The molecule has 33 heavy (non-hydrogen) atoms. The number of thioether (sulfide) groups is 1. The summed E-state index contributed by atoms with van der Waals surface area (Å²) in [7, 11) is 0. The van der Waals surface area contributed by atoms with Gasteiger partial charge in [0.15, 0.2) is 0 Å². The average molecular weight is 477 g/mol. The van der Waals surface area contributed by atoms with E-state index < -0.39 is 6.36 Å². The Hall–Kier alpha value is -2.77. The molecule has 1 aliphatic carbocycles. The van der Waals surface area contributed by atoms with Crippen LogP contribution in [0.25, 0.3) is 0 Å². The largest absolute Gasteiger partial charge is 0.573 e. The number of piperazine rings is 1. The van der Waals surface area contributed by atoms with Crippen molar-refractivity contribution in [1.29, 1.82) is 5.26 Å². The predicted molar refractivity (Wildman–Crippen MR) is 117 cm³/mol. The van der Waals surface area contributed by atoms with Gasteiger partial charge in [-0.3, -0.25) is 9.69 Å². The van der Waals surface area contributed by atoms with E-state index >= 15 is 0 Å². The second-order valence-corrected chi connectivity index (χ2v) is 8.92. The van der Waals surface area contributed by atoms with Crippen molar-refractivity contribution in [2.75, 3.05) is 32.4 Å². The molecule has 0 atom stereocenters. The van der Waals surface area contributed by atoms with Crippen LogP contribution >= 0.6 is 11.8 Å². The number of rotatable bonds is 6. The number of amides is 1. The van der Waals surface area contributed by atoms with Crippen molar-refractivity contribution in [2.45, 2.75) is 36.7 Å². The number of ether oxygens (including phenoxy) is 1. The average Bonchev–Trinajstić information content (AvgIpc) is 3.64. The number of aromatic nitrogens is 1. The van der Waals surface area contributed by atoms with Crippen LogP contribution in [0.4, 0.5) is 13.2 Å². The van der Waals surface area contributed by atoms with Gasteiger partial charge in [0.25, 0.3) is 5.91 Å². The Kier molecular flexibility index (Phi) is 6.81. The minimum Gasteiger partial charge on any atom is -0.406 e. The molecule has 2 heterocycles. The first-order valence-corrected chi connectivity index (χ1v) is 11.8. The van der Waals surface area contributed by atoms with Gasteiger partial charge in [0.2, 0.25) is 0 Å². The van der Waals surface area contributed by atoms with Crippen molar-refractivity contribution >= 4 is 17.7 Å². The summed E-state index contributed by atoms with van der Waals surface area (Å²) >= 11 is 1.38. The van der Waals surface area contributed by atoms with Crippen LogP contribution in [0, 0.1) is 11.3 Å². The first-order chi connectivity index (χ1) is 15.8. The van der Waals surface area contributed by atoms with Crippen LogP contribution in [0.1, 0.15) is 45.9 Å². The van der Waals surface area contributed by atoms with Gasteiger partial charge in [0, 0.05) is 44.3 Å². The zero-order chi connectivity index (χ0) is 23.6. The fraction of sp³-hybridized carbons (Fsp3) is 0.435. The predicted octanol–water partition coefficient (Wildman–Crippen LogP) is 4.41. The van der Waals surface area contributed by atoms with Gasteiger partial charge in [-0.15, -0.1) is 24.9 Å². The van der Waals surface area contributed by atoms with Crippen LogP contribution in [0.2, 0.25) is 0 Å². The minimum absolute atomic E-state index is 0.153. The van der Waals surface area contributed by atoms with Gasteiger partial charge in [-0.2, -0.15) is 5.26 Å². The topological polar surface area (TPSA) is 69.5 Å². The van der Waals surface area contributed by atoms with Gasteiger partial charge in [0.1, 0.15) is 16.8 Å². The van der Waals surface area contributed by atoms with Crippen LogP contribution in [0.5, 0.6) is 5.75 Å². The molecule has 10 heteroatoms. The molecule has 0 unspecified atom stereocenters. The maximum Gasteiger partial charge on any atom is 0.573 e. The second kappa shape index (κ2) is 9.61. The normalized spacial score (nSPS) is 17.0. The molecule has 1 aliphatic heterocycles. The van der Waals surface area contributed by atoms with Gasteiger partial charge < -0.3 is 9.64 Å². The minimum atomic E-state index is -4.71. The zero-order valence-corrected chi connectivity index (χ0v) is 18.9. The number of halogens is 3. The van der Waals surface area contributed by atoms with Crippen LogP contribution in [0.15, 0.2) is 35.4 Å². The molecule has 1 saturated carbocycles. The molecule has 4 rings (SSSR count). The number of nitriles is 1. The number of benzene rings is 1. The Bertz CT molecular complexity index is 1060. The molecule has 6 nitrogen and oxygen atoms in total. The molecular weight excluding hydrogens is 453 g/mol. The maximum atomic E-state index is 13.3. The quantitative estimate of drug-likeness (QED) is 0.576. The summed E-state index contributed by atoms with van der Waals surface area (Å²) < 4.78 is 40.8. The van der Waals surface area contributed by atoms with E-state index in [0.717, 1.165) is 24.1 Å². The van der Waals surface area contributed by atoms with Crippen molar-refractivity contribution in [3.05, 3.63) is 52.7 Å². The van der Waals surface area contributed by atoms with Crippen LogP contribution in [0.3, 0.4) is 0 Å². The summed E-state index contributed by atoms with van der Waals surface area (Å²) in [4.78, 5) is 21.8. The van der Waals surface area contributed by atoms with E-state index in [9.17, 15) is 23.2 Å². The number of nitrogens with zero attached hydrogens (tertiary/aromatic N) is 4. The van der Waals surface area contributed by atoms with Gasteiger partial charge in [0.05, 0.1) is 11.1 Å². The lowest BCUT2D eigenvalue weighted by molar-refractivity contribution is -0.274. The van der Waals surface area contributed by atoms with Crippen molar-refractivity contribution in [3.8, 4) is 11.8 Å². The van der Waals surface area contributed by atoms with E-state index in [2.05, 4.69) is 20.7 Å². The van der Waals surface area contributed by atoms with Crippen molar-refractivity contribution in [2.24, 2.45) is 0 Å². The third-order valence-corrected chi connectivity index (χ3v) is 6.44. The summed E-state index contributed by atoms with van der Waals surface area (Å²) in [6.07, 6.45) is -0.736. The second-order valence-electron chi connectivity index (χ2n) is 8.13. The summed E-state index contributed by atoms with van der Waals surface area (Å²) in [5, 5.41) is 10.3. The molecule has 1 aromatic carbocycles. The van der Waals surface area contributed by atoms with E-state index in [1.54, 1.807) is 23.1 Å². The molecule has 1 amide bonds. The third kappa shape index (κ3) is 5.78. The number of pyridine rings is 1. The summed E-state index contributed by atoms with van der Waals surface area (Å²) in [5.74, 6) is -0.0260. The molecule has 2 aliphatic rings. The highest BCUT2D eigenvalue weighted by molar-refractivity contribution is 7.98. The SMILES string of the molecule is CSc1nc(C2CC2)cc(C(=O)N2CCN(Cc3ccc(OC(F)(F)F)cc3)CC2)c1C#N. The van der Waals surface area contributed by atoms with E-state index in [1.165, 1.54) is 23.9 Å². The fourth-order valence-electron chi connectivity index (χ4n) is 3.89. The molecule has 0 spiro atoms. The monoisotopic (exact) mass is 476 g/mol. The lowest BCUT2D eigenvalue weighted by Crippen LogP contribution is -2.48. The Morgan fingerprint density at radius 3 is 2.42 bits per heavy atom. The summed E-state index contributed by atoms with van der Waals surface area (Å²) in [6, 6.07) is 9.77. The number of alkyl halides is 3. The van der Waals surface area contributed by atoms with Crippen molar-refractivity contribution in [1.82, 2.24) is 14.8 Å². The van der Waals surface area contributed by atoms with Gasteiger partial charge in [-0.1, -0.05) is 12.1 Å². The number of hydrogen-bond acceptors (Lipinski definition) is 6. The summed E-state index contributed by atoms with van der Waals surface area (Å²) in [5.41, 5.74) is 2.51. The highest BCUT2D eigenvalue weighted by Gasteiger charge is 2.32. The molecule has 2 fully saturated rings. The maximum absolute atomic E-state index is 13.3. The molecule has 0 bridgehead atoms. The number of hydrogen-bond donors (Lipinski definition) is 0. The lowest BCUT2D eigenvalue weighted by atomic mass is 10.1. The highest BCUT2D eigenvalue weighted by atomic mass is 32.2. The van der Waals surface area contributed by atoms with Gasteiger partial charge >= 0.3 is 6.36 Å². The highest BCUT2D eigenvalue weighted by Crippen LogP contribution is 2.40. The van der Waals surface area contributed by atoms with E-state index in [0.29, 0.717) is 54.8 Å². The zero-order valence-electron chi connectivity index (χ0n) is 18.1. The van der Waals surface area contributed by atoms with Crippen molar-refractivity contribution < 1.29 is 22.7 Å². The number of carbonyl (C=O) groups excluding carboxylic acids is 1. The Morgan fingerprint density at radius 1 is 1.21 bits per heavy atom. The summed E-state index contributed by atoms with van der Waals surface area (Å²) in [6.45, 7) is 2.84. The third-order valence-electron chi connectivity index (χ3n) is 5.76. The molecule has 0 N–H and O–H groups in total. The molecule has 1 aromatic heterocycles. The molecule has 174 valence electrons. The van der Waals surface area contributed by atoms with Gasteiger partial charge in [-0.05, 0) is 42.9 Å². The van der Waals surface area contributed by atoms with Crippen LogP contribution < -0.4 is 4.74 Å². The fourth-order valence-corrected chi connectivity index (χ4v) is 4.44. The van der Waals surface area contributed by atoms with Crippen LogP contribution in [-0.2, 0) is 6.54 Å². The standard InChI is InChI=1S/C23H23F3N4O2S/c1-33-21-19(13-27)18(12-20(28-21)16-4-5-16)22(31)30-10-8-29(9-11-30)14-15-2-6-17(7-3-15)32-23(24,25)26/h2-3,6-7,12,16H,4-5,8-11,14H2,1H3. The van der Waals surface area contributed by atoms with Crippen LogP contribution in [-0.4, -0.2) is 59.5 Å². The first kappa shape index (κ1) is 23.4. The Labute approximate surface area is 194 Å². The van der Waals surface area contributed by atoms with E-state index in [1.807, 2.05) is 6.26 Å². The smallest absolute Gasteiger partial charge is 0.406 e. The Balaban J connectivity index is 1.39. The Morgan fingerprint density at radius 2 is 1.88 bits per heavy atom. The van der Waals surface area contributed by atoms with Gasteiger partial charge in [-0.25, -0.2) is 4.98 Å². The lowest BCUT2D eigenvalue weighted by Gasteiger charge is -2.35. The molecule has 0 radical (unpaired) electrons. The number of carbonyl (C=O) groups is 1. The molecule has 1 saturated heterocycles. The van der Waals surface area contributed by atoms with Crippen molar-refractivity contribution in [3.63, 3.8) is 0 Å². The van der Waals surface area contributed by atoms with E-state index in [-0.39, 0.29) is 11.7 Å². The first-order valence-electron chi connectivity index (χ1n) is 10.6. The molecular formula is C23H23F3N4O2S. The molecule has 2 aromatic rings. The van der Waals surface area contributed by atoms with E-state index in [4.69, 9.17) is 0 Å².